The average molecular weight is 288 g/mol. The fourth-order valence-corrected chi connectivity index (χ4v) is 3.38. The molecular weight excluding hydrogens is 264 g/mol. The van der Waals surface area contributed by atoms with Crippen molar-refractivity contribution in [3.8, 4) is 0 Å². The van der Waals surface area contributed by atoms with E-state index in [1.807, 2.05) is 6.07 Å². The summed E-state index contributed by atoms with van der Waals surface area (Å²) in [6, 6.07) is 1.89. The number of rotatable bonds is 4. The van der Waals surface area contributed by atoms with E-state index in [0.717, 1.165) is 18.9 Å². The Kier molecular flexibility index (Phi) is 4.68. The summed E-state index contributed by atoms with van der Waals surface area (Å²) in [7, 11) is 0. The van der Waals surface area contributed by atoms with Crippen molar-refractivity contribution in [2.24, 2.45) is 5.92 Å². The van der Waals surface area contributed by atoms with Gasteiger partial charge in [-0.25, -0.2) is 9.97 Å². The molecule has 1 amide bonds. The summed E-state index contributed by atoms with van der Waals surface area (Å²) in [5, 5.41) is 2.94. The lowest BCUT2D eigenvalue weighted by atomic mass is 9.87. The molecule has 1 aromatic heterocycles. The average Bonchev–Trinajstić information content (AvgIpc) is 3.02. The van der Waals surface area contributed by atoms with E-state index < -0.39 is 0 Å². The predicted octanol–water partition coefficient (Wildman–Crippen LogP) is 2.99. The highest BCUT2D eigenvalue weighted by Gasteiger charge is 2.18. The number of carbonyl (C=O) groups is 1. The van der Waals surface area contributed by atoms with E-state index in [0.29, 0.717) is 18.2 Å². The number of hydrogen-bond donors (Lipinski definition) is 1. The van der Waals surface area contributed by atoms with E-state index in [9.17, 15) is 4.79 Å². The highest BCUT2D eigenvalue weighted by Crippen LogP contribution is 2.26. The first-order valence-corrected chi connectivity index (χ1v) is 8.18. The molecule has 114 valence electrons. The summed E-state index contributed by atoms with van der Waals surface area (Å²) in [5.41, 5.74) is 0. The van der Waals surface area contributed by atoms with Gasteiger partial charge in [0.25, 0.3) is 0 Å². The summed E-state index contributed by atoms with van der Waals surface area (Å²) < 4.78 is 0. The zero-order valence-corrected chi connectivity index (χ0v) is 12.6. The number of aromatic nitrogens is 2. The second kappa shape index (κ2) is 6.87. The molecule has 0 bridgehead atoms. The Balaban J connectivity index is 1.56. The van der Waals surface area contributed by atoms with Crippen molar-refractivity contribution in [1.29, 1.82) is 0 Å². The van der Waals surface area contributed by atoms with E-state index in [1.165, 1.54) is 44.9 Å². The molecule has 0 radical (unpaired) electrons. The highest BCUT2D eigenvalue weighted by molar-refractivity contribution is 5.90. The second-order valence-electron chi connectivity index (χ2n) is 6.21. The second-order valence-corrected chi connectivity index (χ2v) is 6.21. The smallest absolute Gasteiger partial charge is 0.225 e. The fraction of sp³-hybridized carbons (Fsp3) is 0.688. The van der Waals surface area contributed by atoms with Crippen molar-refractivity contribution in [2.75, 3.05) is 23.3 Å². The lowest BCUT2D eigenvalue weighted by Crippen LogP contribution is -2.21. The first-order chi connectivity index (χ1) is 10.3. The van der Waals surface area contributed by atoms with Gasteiger partial charge in [-0.1, -0.05) is 19.3 Å². The molecule has 1 aromatic rings. The van der Waals surface area contributed by atoms with Crippen LogP contribution in [0.4, 0.5) is 11.6 Å². The molecule has 5 heteroatoms. The molecule has 5 nitrogen and oxygen atoms in total. The molecule has 1 aliphatic heterocycles. The van der Waals surface area contributed by atoms with Crippen LogP contribution in [0, 0.1) is 5.92 Å². The number of anilines is 2. The van der Waals surface area contributed by atoms with Crippen LogP contribution in [0.2, 0.25) is 0 Å². The van der Waals surface area contributed by atoms with Crippen LogP contribution in [0.15, 0.2) is 12.4 Å². The van der Waals surface area contributed by atoms with E-state index in [1.54, 1.807) is 6.33 Å². The molecule has 0 atom stereocenters. The van der Waals surface area contributed by atoms with Gasteiger partial charge in [0.15, 0.2) is 0 Å². The van der Waals surface area contributed by atoms with Crippen molar-refractivity contribution in [3.05, 3.63) is 12.4 Å². The molecule has 0 spiro atoms. The number of nitrogens with zero attached hydrogens (tertiary/aromatic N) is 3. The predicted molar refractivity (Wildman–Crippen MR) is 83.3 cm³/mol. The van der Waals surface area contributed by atoms with Gasteiger partial charge in [-0.3, -0.25) is 4.79 Å². The minimum absolute atomic E-state index is 0.0907. The first kappa shape index (κ1) is 14.3. The Bertz CT molecular complexity index is 479. The van der Waals surface area contributed by atoms with Crippen LogP contribution in [0.5, 0.6) is 0 Å². The van der Waals surface area contributed by atoms with Gasteiger partial charge in [-0.05, 0) is 31.6 Å². The van der Waals surface area contributed by atoms with Crippen LogP contribution >= 0.6 is 0 Å². The van der Waals surface area contributed by atoms with E-state index in [2.05, 4.69) is 20.2 Å². The summed E-state index contributed by atoms with van der Waals surface area (Å²) in [5.74, 6) is 2.20. The van der Waals surface area contributed by atoms with Crippen LogP contribution in [-0.2, 0) is 4.79 Å². The van der Waals surface area contributed by atoms with E-state index in [4.69, 9.17) is 0 Å². The number of amides is 1. The largest absolute Gasteiger partial charge is 0.356 e. The number of hydrogen-bond acceptors (Lipinski definition) is 4. The van der Waals surface area contributed by atoms with Crippen LogP contribution < -0.4 is 10.2 Å². The van der Waals surface area contributed by atoms with E-state index in [-0.39, 0.29) is 5.91 Å². The van der Waals surface area contributed by atoms with Gasteiger partial charge in [0.2, 0.25) is 5.91 Å². The number of carbonyl (C=O) groups excluding carboxylic acids is 1. The molecule has 1 saturated carbocycles. The van der Waals surface area contributed by atoms with Crippen LogP contribution in [-0.4, -0.2) is 29.0 Å². The number of nitrogens with one attached hydrogen (secondary N) is 1. The van der Waals surface area contributed by atoms with Crippen molar-refractivity contribution in [1.82, 2.24) is 9.97 Å². The quantitative estimate of drug-likeness (QED) is 0.925. The SMILES string of the molecule is O=C(CC1CCCCC1)Nc1cc(N2CCCC2)ncn1. The fourth-order valence-electron chi connectivity index (χ4n) is 3.38. The van der Waals surface area contributed by atoms with Gasteiger partial charge in [-0.15, -0.1) is 0 Å². The standard InChI is InChI=1S/C16H24N4O/c21-16(10-13-6-2-1-3-7-13)19-14-11-15(18-12-17-14)20-8-4-5-9-20/h11-13H,1-10H2,(H,17,18,19,21). The van der Waals surface area contributed by atoms with Crippen molar-refractivity contribution < 1.29 is 4.79 Å². The van der Waals surface area contributed by atoms with Crippen LogP contribution in [0.25, 0.3) is 0 Å². The molecule has 2 heterocycles. The molecule has 2 fully saturated rings. The van der Waals surface area contributed by atoms with Crippen molar-refractivity contribution >= 4 is 17.5 Å². The summed E-state index contributed by atoms with van der Waals surface area (Å²) in [4.78, 5) is 22.9. The lowest BCUT2D eigenvalue weighted by Gasteiger charge is -2.21. The minimum Gasteiger partial charge on any atom is -0.356 e. The maximum absolute atomic E-state index is 12.1. The Morgan fingerprint density at radius 2 is 1.90 bits per heavy atom. The summed E-state index contributed by atoms with van der Waals surface area (Å²) in [6.45, 7) is 2.10. The molecule has 0 aromatic carbocycles. The highest BCUT2D eigenvalue weighted by atomic mass is 16.1. The molecule has 21 heavy (non-hydrogen) atoms. The molecule has 0 unspecified atom stereocenters. The van der Waals surface area contributed by atoms with Crippen molar-refractivity contribution in [2.45, 2.75) is 51.4 Å². The van der Waals surface area contributed by atoms with Gasteiger partial charge >= 0.3 is 0 Å². The molecule has 2 aliphatic rings. The third kappa shape index (κ3) is 3.93. The van der Waals surface area contributed by atoms with Crippen molar-refractivity contribution in [3.63, 3.8) is 0 Å². The maximum atomic E-state index is 12.1. The Labute approximate surface area is 126 Å². The Morgan fingerprint density at radius 1 is 1.14 bits per heavy atom. The molecule has 1 N–H and O–H groups in total. The van der Waals surface area contributed by atoms with E-state index >= 15 is 0 Å². The summed E-state index contributed by atoms with van der Waals surface area (Å²) >= 11 is 0. The first-order valence-electron chi connectivity index (χ1n) is 8.18. The maximum Gasteiger partial charge on any atom is 0.225 e. The topological polar surface area (TPSA) is 58.1 Å². The molecule has 1 aliphatic carbocycles. The minimum atomic E-state index is 0.0907. The van der Waals surface area contributed by atoms with Gasteiger partial charge < -0.3 is 10.2 Å². The molecule has 3 rings (SSSR count). The van der Waals surface area contributed by atoms with Gasteiger partial charge in [0.1, 0.15) is 18.0 Å². The zero-order chi connectivity index (χ0) is 14.5. The Morgan fingerprint density at radius 3 is 2.67 bits per heavy atom. The molecule has 1 saturated heterocycles. The zero-order valence-electron chi connectivity index (χ0n) is 12.6. The third-order valence-corrected chi connectivity index (χ3v) is 4.55. The van der Waals surface area contributed by atoms with Gasteiger partial charge in [0, 0.05) is 25.6 Å². The Hall–Kier alpha value is -1.65. The van der Waals surface area contributed by atoms with Gasteiger partial charge in [-0.2, -0.15) is 0 Å². The third-order valence-electron chi connectivity index (χ3n) is 4.55. The van der Waals surface area contributed by atoms with Gasteiger partial charge in [0.05, 0.1) is 0 Å². The monoisotopic (exact) mass is 288 g/mol. The lowest BCUT2D eigenvalue weighted by molar-refractivity contribution is -0.117. The molecular formula is C16H24N4O. The van der Waals surface area contributed by atoms with Crippen LogP contribution in [0.1, 0.15) is 51.4 Å². The van der Waals surface area contributed by atoms with Crippen LogP contribution in [0.3, 0.4) is 0 Å². The summed E-state index contributed by atoms with van der Waals surface area (Å²) in [6.07, 6.45) is 10.8. The normalized spacial score (nSPS) is 19.7.